The van der Waals surface area contributed by atoms with E-state index in [4.69, 9.17) is 4.98 Å². The molecule has 0 fully saturated rings. The number of H-pyrrole nitrogens is 1. The number of ketones is 1. The summed E-state index contributed by atoms with van der Waals surface area (Å²) < 4.78 is 0. The predicted octanol–water partition coefficient (Wildman–Crippen LogP) is 5.61. The molecule has 0 spiro atoms. The third-order valence-corrected chi connectivity index (χ3v) is 4.82. The first-order chi connectivity index (χ1) is 13.3. The van der Waals surface area contributed by atoms with E-state index in [9.17, 15) is 4.79 Å². The van der Waals surface area contributed by atoms with Gasteiger partial charge in [-0.3, -0.25) is 4.79 Å². The smallest absolute Gasteiger partial charge is 0.228 e. The van der Waals surface area contributed by atoms with E-state index < -0.39 is 0 Å². The number of nitrogens with one attached hydrogen (secondary N) is 1. The molecular weight excluding hydrogens is 332 g/mol. The predicted molar refractivity (Wildman–Crippen MR) is 109 cm³/mol. The monoisotopic (exact) mass is 348 g/mol. The van der Waals surface area contributed by atoms with Crippen LogP contribution in [0.2, 0.25) is 0 Å². The highest BCUT2D eigenvalue weighted by Gasteiger charge is 2.18. The molecule has 0 aliphatic carbocycles. The molecule has 3 heteroatoms. The molecule has 1 aromatic heterocycles. The van der Waals surface area contributed by atoms with Crippen molar-refractivity contribution < 1.29 is 4.79 Å². The Bertz CT molecular complexity index is 1270. The minimum absolute atomic E-state index is 0.102. The van der Waals surface area contributed by atoms with Crippen molar-refractivity contribution in [1.29, 1.82) is 0 Å². The van der Waals surface area contributed by atoms with Gasteiger partial charge < -0.3 is 4.98 Å². The van der Waals surface area contributed by atoms with E-state index in [1.807, 2.05) is 60.7 Å². The number of benzene rings is 4. The van der Waals surface area contributed by atoms with Crippen LogP contribution < -0.4 is 0 Å². The summed E-state index contributed by atoms with van der Waals surface area (Å²) in [6.45, 7) is 0. The number of nitrogens with zero attached hydrogens (tertiary/aromatic N) is 1. The second-order valence-electron chi connectivity index (χ2n) is 6.52. The first kappa shape index (κ1) is 15.5. The molecule has 5 aromatic rings. The van der Waals surface area contributed by atoms with Crippen molar-refractivity contribution in [1.82, 2.24) is 9.97 Å². The van der Waals surface area contributed by atoms with Crippen LogP contribution in [-0.2, 0) is 0 Å². The van der Waals surface area contributed by atoms with Crippen molar-refractivity contribution in [2.75, 3.05) is 0 Å². The van der Waals surface area contributed by atoms with Crippen molar-refractivity contribution in [3.8, 4) is 11.1 Å². The highest BCUT2D eigenvalue weighted by molar-refractivity contribution is 6.14. The fourth-order valence-electron chi connectivity index (χ4n) is 3.51. The zero-order valence-corrected chi connectivity index (χ0v) is 14.5. The number of hydrogen-bond acceptors (Lipinski definition) is 2. The highest BCUT2D eigenvalue weighted by atomic mass is 16.1. The molecule has 128 valence electrons. The maximum atomic E-state index is 12.9. The van der Waals surface area contributed by atoms with Gasteiger partial charge in [0.1, 0.15) is 0 Å². The maximum absolute atomic E-state index is 12.9. The second-order valence-corrected chi connectivity index (χ2v) is 6.52. The van der Waals surface area contributed by atoms with E-state index in [1.165, 1.54) is 0 Å². The first-order valence-electron chi connectivity index (χ1n) is 8.88. The van der Waals surface area contributed by atoms with Crippen LogP contribution in [0.3, 0.4) is 0 Å². The average molecular weight is 348 g/mol. The first-order valence-corrected chi connectivity index (χ1v) is 8.88. The Hall–Kier alpha value is -3.72. The van der Waals surface area contributed by atoms with Crippen molar-refractivity contribution >= 4 is 27.6 Å². The van der Waals surface area contributed by atoms with Crippen molar-refractivity contribution in [3.05, 3.63) is 102 Å². The molecule has 1 N–H and O–H groups in total. The Morgan fingerprint density at radius 2 is 1.44 bits per heavy atom. The minimum Gasteiger partial charge on any atom is -0.335 e. The Morgan fingerprint density at radius 3 is 2.22 bits per heavy atom. The van der Waals surface area contributed by atoms with Crippen LogP contribution in [0.4, 0.5) is 0 Å². The Morgan fingerprint density at radius 1 is 0.778 bits per heavy atom. The maximum Gasteiger partial charge on any atom is 0.228 e. The fourth-order valence-corrected chi connectivity index (χ4v) is 3.51. The number of carbonyl (C=O) groups is 1. The lowest BCUT2D eigenvalue weighted by Crippen LogP contribution is -2.02. The number of carbonyl (C=O) groups excluding carboxylic acids is 1. The number of rotatable bonds is 3. The molecule has 0 unspecified atom stereocenters. The van der Waals surface area contributed by atoms with Gasteiger partial charge >= 0.3 is 0 Å². The average Bonchev–Trinajstić information content (AvgIpc) is 3.19. The van der Waals surface area contributed by atoms with Gasteiger partial charge in [-0.25, -0.2) is 4.98 Å². The summed E-state index contributed by atoms with van der Waals surface area (Å²) in [5.41, 5.74) is 4.44. The number of fused-ring (bicyclic) bond motifs is 3. The van der Waals surface area contributed by atoms with Gasteiger partial charge in [0.2, 0.25) is 5.78 Å². The molecule has 0 saturated heterocycles. The van der Waals surface area contributed by atoms with E-state index in [0.717, 1.165) is 32.9 Å². The Balaban J connectivity index is 1.80. The quantitative estimate of drug-likeness (QED) is 0.431. The third-order valence-electron chi connectivity index (χ3n) is 4.82. The summed E-state index contributed by atoms with van der Waals surface area (Å²) in [6.07, 6.45) is 0. The number of aromatic amines is 1. The van der Waals surface area contributed by atoms with Crippen LogP contribution >= 0.6 is 0 Å². The summed E-state index contributed by atoms with van der Waals surface area (Å²) in [7, 11) is 0. The Labute approximate surface area is 156 Å². The van der Waals surface area contributed by atoms with Crippen molar-refractivity contribution in [2.45, 2.75) is 0 Å². The number of hydrogen-bond donors (Lipinski definition) is 1. The molecule has 0 atom stereocenters. The van der Waals surface area contributed by atoms with Gasteiger partial charge in [0.05, 0.1) is 11.0 Å². The second kappa shape index (κ2) is 6.22. The molecule has 0 saturated carbocycles. The van der Waals surface area contributed by atoms with Gasteiger partial charge in [-0.2, -0.15) is 0 Å². The molecule has 0 aliphatic rings. The normalized spacial score (nSPS) is 11.1. The summed E-state index contributed by atoms with van der Waals surface area (Å²) >= 11 is 0. The lowest BCUT2D eigenvalue weighted by molar-refractivity contribution is 0.103. The highest BCUT2D eigenvalue weighted by Crippen LogP contribution is 2.33. The third kappa shape index (κ3) is 2.61. The van der Waals surface area contributed by atoms with Crippen LogP contribution in [0.5, 0.6) is 0 Å². The van der Waals surface area contributed by atoms with Crippen LogP contribution in [0.1, 0.15) is 16.2 Å². The zero-order chi connectivity index (χ0) is 18.2. The summed E-state index contributed by atoms with van der Waals surface area (Å²) in [6, 6.07) is 29.7. The molecule has 3 nitrogen and oxygen atoms in total. The standard InChI is InChI=1S/C24H16N2O/c27-23(17-11-5-2-6-12-17)24-25-21-19-14-8-7-13-18(19)15-20(22(21)26-24)16-9-3-1-4-10-16/h1-15H,(H,25,26). The molecule has 0 radical (unpaired) electrons. The zero-order valence-electron chi connectivity index (χ0n) is 14.5. The van der Waals surface area contributed by atoms with E-state index in [-0.39, 0.29) is 5.78 Å². The van der Waals surface area contributed by atoms with Crippen LogP contribution in [-0.4, -0.2) is 15.8 Å². The van der Waals surface area contributed by atoms with E-state index in [2.05, 4.69) is 35.3 Å². The SMILES string of the molecule is O=C(c1ccccc1)c1nc2c(-c3ccccc3)cc3ccccc3c2[nH]1. The fraction of sp³-hybridized carbons (Fsp3) is 0. The minimum atomic E-state index is -0.102. The molecular formula is C24H16N2O. The summed E-state index contributed by atoms with van der Waals surface area (Å²) in [4.78, 5) is 20.9. The van der Waals surface area contributed by atoms with Gasteiger partial charge in [-0.15, -0.1) is 0 Å². The van der Waals surface area contributed by atoms with Gasteiger partial charge in [0.25, 0.3) is 0 Å². The molecule has 27 heavy (non-hydrogen) atoms. The number of aromatic nitrogens is 2. The largest absolute Gasteiger partial charge is 0.335 e. The molecule has 5 rings (SSSR count). The summed E-state index contributed by atoms with van der Waals surface area (Å²) in [5, 5.41) is 2.18. The molecule has 1 heterocycles. The molecule has 4 aromatic carbocycles. The lowest BCUT2D eigenvalue weighted by atomic mass is 9.99. The van der Waals surface area contributed by atoms with Crippen LogP contribution in [0.25, 0.3) is 32.9 Å². The van der Waals surface area contributed by atoms with E-state index >= 15 is 0 Å². The van der Waals surface area contributed by atoms with E-state index in [1.54, 1.807) is 0 Å². The van der Waals surface area contributed by atoms with Crippen molar-refractivity contribution in [2.24, 2.45) is 0 Å². The molecule has 0 amide bonds. The summed E-state index contributed by atoms with van der Waals surface area (Å²) in [5.74, 6) is 0.264. The van der Waals surface area contributed by atoms with Gasteiger partial charge in [-0.1, -0.05) is 84.9 Å². The topological polar surface area (TPSA) is 45.8 Å². The van der Waals surface area contributed by atoms with Gasteiger partial charge in [0.15, 0.2) is 5.82 Å². The van der Waals surface area contributed by atoms with E-state index in [0.29, 0.717) is 11.4 Å². The van der Waals surface area contributed by atoms with Crippen LogP contribution in [0.15, 0.2) is 91.0 Å². The van der Waals surface area contributed by atoms with Gasteiger partial charge in [-0.05, 0) is 17.0 Å². The van der Waals surface area contributed by atoms with Crippen molar-refractivity contribution in [3.63, 3.8) is 0 Å². The molecule has 0 bridgehead atoms. The lowest BCUT2D eigenvalue weighted by Gasteiger charge is -2.06. The number of imidazole rings is 1. The van der Waals surface area contributed by atoms with Crippen LogP contribution in [0, 0.1) is 0 Å². The van der Waals surface area contributed by atoms with Gasteiger partial charge in [0, 0.05) is 16.5 Å². The Kier molecular flexibility index (Phi) is 3.58. The molecule has 0 aliphatic heterocycles.